The summed E-state index contributed by atoms with van der Waals surface area (Å²) in [4.78, 5) is 0. The molecule has 0 amide bonds. The Kier molecular flexibility index (Phi) is 4.91. The Morgan fingerprint density at radius 1 is 1.47 bits per heavy atom. The van der Waals surface area contributed by atoms with Gasteiger partial charge in [-0.1, -0.05) is 12.1 Å². The van der Waals surface area contributed by atoms with Gasteiger partial charge in [-0.05, 0) is 38.0 Å². The van der Waals surface area contributed by atoms with Crippen molar-refractivity contribution < 1.29 is 13.9 Å². The minimum Gasteiger partial charge on any atom is -0.377 e. The number of hydrogen-bond donors (Lipinski definition) is 1. The third kappa shape index (κ3) is 3.32. The zero-order valence-corrected chi connectivity index (χ0v) is 11.7. The van der Waals surface area contributed by atoms with Crippen LogP contribution in [0.25, 0.3) is 0 Å². The molecule has 0 spiro atoms. The van der Waals surface area contributed by atoms with Crippen LogP contribution in [0.4, 0.5) is 4.39 Å². The second kappa shape index (κ2) is 6.46. The lowest BCUT2D eigenvalue weighted by Gasteiger charge is -2.44. The number of halogens is 1. The molecule has 19 heavy (non-hydrogen) atoms. The smallest absolute Gasteiger partial charge is 0.123 e. The topological polar surface area (TPSA) is 30.5 Å². The fourth-order valence-electron chi connectivity index (χ4n) is 2.63. The molecule has 1 N–H and O–H groups in total. The highest BCUT2D eigenvalue weighted by Crippen LogP contribution is 2.29. The lowest BCUT2D eigenvalue weighted by Crippen LogP contribution is -2.60. The SMILES string of the molecule is CCOC1CC(N[C@@H](C)c2cccc(F)c2)C1OC. The van der Waals surface area contributed by atoms with Gasteiger partial charge in [-0.15, -0.1) is 0 Å². The van der Waals surface area contributed by atoms with E-state index in [1.807, 2.05) is 19.9 Å². The maximum Gasteiger partial charge on any atom is 0.123 e. The first kappa shape index (κ1) is 14.4. The molecule has 1 aromatic rings. The van der Waals surface area contributed by atoms with E-state index in [0.717, 1.165) is 12.0 Å². The first-order valence-electron chi connectivity index (χ1n) is 6.81. The van der Waals surface area contributed by atoms with Gasteiger partial charge in [-0.2, -0.15) is 0 Å². The summed E-state index contributed by atoms with van der Waals surface area (Å²) in [5.74, 6) is -0.199. The van der Waals surface area contributed by atoms with Gasteiger partial charge in [0.2, 0.25) is 0 Å². The molecule has 3 nitrogen and oxygen atoms in total. The summed E-state index contributed by atoms with van der Waals surface area (Å²) in [6, 6.07) is 7.06. The number of nitrogens with one attached hydrogen (secondary N) is 1. The van der Waals surface area contributed by atoms with E-state index in [1.54, 1.807) is 19.2 Å². The highest BCUT2D eigenvalue weighted by atomic mass is 19.1. The molecule has 4 heteroatoms. The van der Waals surface area contributed by atoms with Crippen LogP contribution in [0.15, 0.2) is 24.3 Å². The zero-order valence-electron chi connectivity index (χ0n) is 11.7. The quantitative estimate of drug-likeness (QED) is 0.859. The van der Waals surface area contributed by atoms with Crippen LogP contribution < -0.4 is 5.32 Å². The Morgan fingerprint density at radius 2 is 2.26 bits per heavy atom. The van der Waals surface area contributed by atoms with E-state index in [1.165, 1.54) is 6.07 Å². The summed E-state index contributed by atoms with van der Waals surface area (Å²) >= 11 is 0. The minimum absolute atomic E-state index is 0.0796. The molecule has 106 valence electrons. The third-order valence-corrected chi connectivity index (χ3v) is 3.71. The van der Waals surface area contributed by atoms with Gasteiger partial charge >= 0.3 is 0 Å². The van der Waals surface area contributed by atoms with Gasteiger partial charge in [0.1, 0.15) is 5.82 Å². The largest absolute Gasteiger partial charge is 0.377 e. The minimum atomic E-state index is -0.199. The maximum absolute atomic E-state index is 13.2. The van der Waals surface area contributed by atoms with E-state index in [9.17, 15) is 4.39 Å². The normalized spacial score (nSPS) is 27.9. The molecule has 0 aromatic heterocycles. The molecule has 1 aliphatic carbocycles. The van der Waals surface area contributed by atoms with Crippen molar-refractivity contribution in [1.29, 1.82) is 0 Å². The van der Waals surface area contributed by atoms with Crippen molar-refractivity contribution in [1.82, 2.24) is 5.32 Å². The van der Waals surface area contributed by atoms with E-state index < -0.39 is 0 Å². The molecule has 1 aliphatic rings. The van der Waals surface area contributed by atoms with Gasteiger partial charge in [0, 0.05) is 25.8 Å². The summed E-state index contributed by atoms with van der Waals surface area (Å²) in [7, 11) is 1.71. The molecule has 0 aliphatic heterocycles. The van der Waals surface area contributed by atoms with Gasteiger partial charge < -0.3 is 14.8 Å². The van der Waals surface area contributed by atoms with E-state index in [-0.39, 0.29) is 30.1 Å². The lowest BCUT2D eigenvalue weighted by atomic mass is 9.84. The van der Waals surface area contributed by atoms with Crippen molar-refractivity contribution in [2.24, 2.45) is 0 Å². The first-order chi connectivity index (χ1) is 9.15. The standard InChI is InChI=1S/C15H22FNO2/c1-4-19-14-9-13(15(14)18-3)17-10(2)11-6-5-7-12(16)8-11/h5-8,10,13-15,17H,4,9H2,1-3H3/t10-,13?,14?,15?/m0/s1. The number of ether oxygens (including phenoxy) is 2. The second-order valence-corrected chi connectivity index (χ2v) is 4.98. The fourth-order valence-corrected chi connectivity index (χ4v) is 2.63. The predicted molar refractivity (Wildman–Crippen MR) is 72.6 cm³/mol. The Balaban J connectivity index is 1.91. The van der Waals surface area contributed by atoms with E-state index >= 15 is 0 Å². The van der Waals surface area contributed by atoms with Crippen LogP contribution in [0.1, 0.15) is 31.9 Å². The monoisotopic (exact) mass is 267 g/mol. The molecule has 1 saturated carbocycles. The Morgan fingerprint density at radius 3 is 2.89 bits per heavy atom. The summed E-state index contributed by atoms with van der Waals surface area (Å²) in [5, 5.41) is 3.48. The molecule has 0 radical (unpaired) electrons. The molecule has 4 atom stereocenters. The maximum atomic E-state index is 13.2. The lowest BCUT2D eigenvalue weighted by molar-refractivity contribution is -0.133. The Labute approximate surface area is 114 Å². The molecule has 0 bridgehead atoms. The van der Waals surface area contributed by atoms with Crippen molar-refractivity contribution in [2.45, 2.75) is 44.6 Å². The highest BCUT2D eigenvalue weighted by molar-refractivity contribution is 5.20. The molecule has 0 heterocycles. The van der Waals surface area contributed by atoms with Crippen LogP contribution in [0.5, 0.6) is 0 Å². The third-order valence-electron chi connectivity index (χ3n) is 3.71. The van der Waals surface area contributed by atoms with Crippen LogP contribution in [0.2, 0.25) is 0 Å². The number of hydrogen-bond acceptors (Lipinski definition) is 3. The number of methoxy groups -OCH3 is 1. The van der Waals surface area contributed by atoms with Crippen LogP contribution in [-0.2, 0) is 9.47 Å². The van der Waals surface area contributed by atoms with Crippen LogP contribution in [-0.4, -0.2) is 32.0 Å². The first-order valence-corrected chi connectivity index (χ1v) is 6.81. The van der Waals surface area contributed by atoms with Gasteiger partial charge in [0.25, 0.3) is 0 Å². The van der Waals surface area contributed by atoms with Gasteiger partial charge in [-0.3, -0.25) is 0 Å². The average molecular weight is 267 g/mol. The zero-order chi connectivity index (χ0) is 13.8. The van der Waals surface area contributed by atoms with Gasteiger partial charge in [0.15, 0.2) is 0 Å². The Hall–Kier alpha value is -0.970. The molecule has 3 unspecified atom stereocenters. The van der Waals surface area contributed by atoms with Crippen molar-refractivity contribution in [3.05, 3.63) is 35.6 Å². The summed E-state index contributed by atoms with van der Waals surface area (Å²) in [5.41, 5.74) is 0.953. The second-order valence-electron chi connectivity index (χ2n) is 4.98. The Bertz CT molecular complexity index is 413. The molecular formula is C15H22FNO2. The molecule has 1 fully saturated rings. The molecule has 0 saturated heterocycles. The van der Waals surface area contributed by atoms with Gasteiger partial charge in [-0.25, -0.2) is 4.39 Å². The van der Waals surface area contributed by atoms with Crippen molar-refractivity contribution >= 4 is 0 Å². The summed E-state index contributed by atoms with van der Waals surface area (Å²) < 4.78 is 24.2. The summed E-state index contributed by atoms with van der Waals surface area (Å²) in [6.45, 7) is 4.73. The fraction of sp³-hybridized carbons (Fsp3) is 0.600. The van der Waals surface area contributed by atoms with E-state index in [4.69, 9.17) is 9.47 Å². The molecular weight excluding hydrogens is 245 g/mol. The van der Waals surface area contributed by atoms with E-state index in [0.29, 0.717) is 6.61 Å². The predicted octanol–water partition coefficient (Wildman–Crippen LogP) is 2.67. The molecule has 1 aromatic carbocycles. The van der Waals surface area contributed by atoms with Crippen molar-refractivity contribution in [3.8, 4) is 0 Å². The van der Waals surface area contributed by atoms with E-state index in [2.05, 4.69) is 5.32 Å². The van der Waals surface area contributed by atoms with Crippen molar-refractivity contribution in [2.75, 3.05) is 13.7 Å². The van der Waals surface area contributed by atoms with Crippen LogP contribution >= 0.6 is 0 Å². The number of rotatable bonds is 6. The molecule has 2 rings (SSSR count). The summed E-state index contributed by atoms with van der Waals surface area (Å²) in [6.07, 6.45) is 1.19. The van der Waals surface area contributed by atoms with Crippen LogP contribution in [0, 0.1) is 5.82 Å². The number of benzene rings is 1. The average Bonchev–Trinajstić information content (AvgIpc) is 2.37. The van der Waals surface area contributed by atoms with Crippen LogP contribution in [0.3, 0.4) is 0 Å². The van der Waals surface area contributed by atoms with Gasteiger partial charge in [0.05, 0.1) is 12.2 Å². The highest BCUT2D eigenvalue weighted by Gasteiger charge is 2.42. The van der Waals surface area contributed by atoms with Crippen molar-refractivity contribution in [3.63, 3.8) is 0 Å².